The monoisotopic (exact) mass is 485 g/mol. The number of fused-ring (bicyclic) bond motifs is 1. The van der Waals surface area contributed by atoms with E-state index in [2.05, 4.69) is 5.32 Å². The third-order valence-electron chi connectivity index (χ3n) is 7.27. The Hall–Kier alpha value is -3.87. The minimum atomic E-state index is -0.290. The lowest BCUT2D eigenvalue weighted by Gasteiger charge is -2.37. The normalized spacial score (nSPS) is 20.4. The minimum Gasteiger partial charge on any atom is -0.439 e. The first kappa shape index (κ1) is 23.9. The van der Waals surface area contributed by atoms with Gasteiger partial charge in [0.15, 0.2) is 0 Å². The number of ether oxygens (including phenoxy) is 1. The first-order chi connectivity index (χ1) is 17.5. The molecular formula is C29H31N3O4. The Morgan fingerprint density at radius 3 is 2.39 bits per heavy atom. The van der Waals surface area contributed by atoms with Gasteiger partial charge in [-0.2, -0.15) is 0 Å². The summed E-state index contributed by atoms with van der Waals surface area (Å²) in [5, 5.41) is 4.99. The Morgan fingerprint density at radius 1 is 0.944 bits per heavy atom. The molecule has 36 heavy (non-hydrogen) atoms. The highest BCUT2D eigenvalue weighted by Crippen LogP contribution is 2.35. The molecule has 3 aromatic rings. The van der Waals surface area contributed by atoms with Gasteiger partial charge < -0.3 is 15.0 Å². The van der Waals surface area contributed by atoms with E-state index in [0.717, 1.165) is 21.9 Å². The number of nitrogens with one attached hydrogen (secondary N) is 1. The van der Waals surface area contributed by atoms with E-state index in [-0.39, 0.29) is 49.1 Å². The summed E-state index contributed by atoms with van der Waals surface area (Å²) in [6, 6.07) is 23.8. The van der Waals surface area contributed by atoms with Gasteiger partial charge in [-0.05, 0) is 41.7 Å². The minimum absolute atomic E-state index is 0.0185. The van der Waals surface area contributed by atoms with Crippen LogP contribution in [0.15, 0.2) is 72.8 Å². The number of carbonyl (C=O) groups excluding carboxylic acids is 3. The fourth-order valence-corrected chi connectivity index (χ4v) is 5.33. The summed E-state index contributed by atoms with van der Waals surface area (Å²) < 4.78 is 5.70. The highest BCUT2D eigenvalue weighted by Gasteiger charge is 2.44. The molecule has 2 fully saturated rings. The summed E-state index contributed by atoms with van der Waals surface area (Å²) >= 11 is 0. The summed E-state index contributed by atoms with van der Waals surface area (Å²) in [6.45, 7) is 3.10. The number of amides is 3. The highest BCUT2D eigenvalue weighted by atomic mass is 16.6. The van der Waals surface area contributed by atoms with Crippen molar-refractivity contribution >= 4 is 28.7 Å². The number of carbonyl (C=O) groups is 3. The summed E-state index contributed by atoms with van der Waals surface area (Å²) in [5.74, 6) is -0.270. The number of benzene rings is 3. The number of hydrogen-bond acceptors (Lipinski definition) is 4. The van der Waals surface area contributed by atoms with Crippen molar-refractivity contribution in [2.75, 3.05) is 19.6 Å². The van der Waals surface area contributed by atoms with Crippen molar-refractivity contribution in [1.82, 2.24) is 15.1 Å². The standard InChI is InChI=1S/C29H31N3O4/c1-20-28(23-8-3-2-4-9-23)36-29(35)32(20)25-13-15-31(16-14-25)27(34)19-30-26(33)18-21-11-12-22-7-5-6-10-24(22)17-21/h2-12,17,20,25,28H,13-16,18-19H2,1H3,(H,30,33)/t20-,28-/m1/s1. The second-order valence-electron chi connectivity index (χ2n) is 9.61. The van der Waals surface area contributed by atoms with Crippen LogP contribution < -0.4 is 5.32 Å². The van der Waals surface area contributed by atoms with Crippen LogP contribution in [0.2, 0.25) is 0 Å². The Morgan fingerprint density at radius 2 is 1.64 bits per heavy atom. The van der Waals surface area contributed by atoms with Gasteiger partial charge in [-0.25, -0.2) is 4.79 Å². The molecule has 7 heteroatoms. The van der Waals surface area contributed by atoms with Gasteiger partial charge in [0, 0.05) is 19.1 Å². The maximum atomic E-state index is 12.7. The van der Waals surface area contributed by atoms with Gasteiger partial charge in [0.1, 0.15) is 6.10 Å². The molecule has 0 aliphatic carbocycles. The first-order valence-corrected chi connectivity index (χ1v) is 12.6. The molecule has 2 saturated heterocycles. The molecule has 0 radical (unpaired) electrons. The van der Waals surface area contributed by atoms with Gasteiger partial charge in [-0.1, -0.05) is 72.8 Å². The van der Waals surface area contributed by atoms with Crippen LogP contribution in [-0.4, -0.2) is 59.4 Å². The predicted molar refractivity (Wildman–Crippen MR) is 137 cm³/mol. The van der Waals surface area contributed by atoms with Crippen molar-refractivity contribution in [2.45, 2.75) is 44.4 Å². The molecule has 0 spiro atoms. The van der Waals surface area contributed by atoms with E-state index in [1.165, 1.54) is 0 Å². The topological polar surface area (TPSA) is 79.0 Å². The van der Waals surface area contributed by atoms with Gasteiger partial charge in [0.05, 0.1) is 19.0 Å². The van der Waals surface area contributed by atoms with Crippen LogP contribution in [0.1, 0.15) is 37.0 Å². The third kappa shape index (κ3) is 5.05. The van der Waals surface area contributed by atoms with Crippen LogP contribution in [-0.2, 0) is 20.7 Å². The molecule has 5 rings (SSSR count). The van der Waals surface area contributed by atoms with E-state index in [9.17, 15) is 14.4 Å². The number of hydrogen-bond donors (Lipinski definition) is 1. The zero-order valence-electron chi connectivity index (χ0n) is 20.4. The second-order valence-corrected chi connectivity index (χ2v) is 9.61. The molecule has 2 atom stereocenters. The number of cyclic esters (lactones) is 1. The number of rotatable bonds is 6. The van der Waals surface area contributed by atoms with Gasteiger partial charge in [-0.15, -0.1) is 0 Å². The summed E-state index contributed by atoms with van der Waals surface area (Å²) in [4.78, 5) is 41.4. The largest absolute Gasteiger partial charge is 0.439 e. The van der Waals surface area contributed by atoms with Crippen molar-refractivity contribution in [3.8, 4) is 0 Å². The smallest absolute Gasteiger partial charge is 0.411 e. The van der Waals surface area contributed by atoms with Crippen LogP contribution in [0.25, 0.3) is 10.8 Å². The van der Waals surface area contributed by atoms with Gasteiger partial charge in [-0.3, -0.25) is 14.5 Å². The van der Waals surface area contributed by atoms with Gasteiger partial charge in [0.2, 0.25) is 11.8 Å². The van der Waals surface area contributed by atoms with Crippen molar-refractivity contribution in [3.05, 3.63) is 83.9 Å². The van der Waals surface area contributed by atoms with Crippen molar-refractivity contribution in [3.63, 3.8) is 0 Å². The summed E-state index contributed by atoms with van der Waals surface area (Å²) in [6.07, 6.45) is 1.05. The average Bonchev–Trinajstić information content (AvgIpc) is 3.21. The zero-order valence-corrected chi connectivity index (χ0v) is 20.4. The molecule has 1 N–H and O–H groups in total. The van der Waals surface area contributed by atoms with Crippen molar-refractivity contribution in [1.29, 1.82) is 0 Å². The van der Waals surface area contributed by atoms with Crippen molar-refractivity contribution in [2.24, 2.45) is 0 Å². The zero-order chi connectivity index (χ0) is 25.1. The lowest BCUT2D eigenvalue weighted by atomic mass is 9.98. The van der Waals surface area contributed by atoms with Crippen LogP contribution >= 0.6 is 0 Å². The Bertz CT molecular complexity index is 1250. The van der Waals surface area contributed by atoms with Crippen LogP contribution in [0.4, 0.5) is 4.79 Å². The predicted octanol–water partition coefficient (Wildman–Crippen LogP) is 4.07. The maximum absolute atomic E-state index is 12.7. The number of likely N-dealkylation sites (tertiary alicyclic amines) is 1. The SMILES string of the molecule is C[C@@H]1[C@H](c2ccccc2)OC(=O)N1C1CCN(C(=O)CNC(=O)Cc2ccc3ccccc3c2)CC1. The lowest BCUT2D eigenvalue weighted by Crippen LogP contribution is -2.51. The van der Waals surface area contributed by atoms with E-state index < -0.39 is 0 Å². The molecule has 3 amide bonds. The molecule has 0 unspecified atom stereocenters. The summed E-state index contributed by atoms with van der Waals surface area (Å²) in [7, 11) is 0. The molecule has 2 aliphatic heterocycles. The van der Waals surface area contributed by atoms with Gasteiger partial charge >= 0.3 is 6.09 Å². The maximum Gasteiger partial charge on any atom is 0.411 e. The molecule has 7 nitrogen and oxygen atoms in total. The van der Waals surface area contributed by atoms with Crippen LogP contribution in [0, 0.1) is 0 Å². The second kappa shape index (κ2) is 10.4. The Balaban J connectivity index is 1.09. The van der Waals surface area contributed by atoms with E-state index in [4.69, 9.17) is 4.74 Å². The highest BCUT2D eigenvalue weighted by molar-refractivity contribution is 5.88. The molecule has 186 valence electrons. The van der Waals surface area contributed by atoms with Crippen molar-refractivity contribution < 1.29 is 19.1 Å². The average molecular weight is 486 g/mol. The van der Waals surface area contributed by atoms with Gasteiger partial charge in [0.25, 0.3) is 0 Å². The molecular weight excluding hydrogens is 454 g/mol. The van der Waals surface area contributed by atoms with Crippen LogP contribution in [0.3, 0.4) is 0 Å². The molecule has 2 aliphatic rings. The number of piperidine rings is 1. The molecule has 0 bridgehead atoms. The van der Waals surface area contributed by atoms with E-state index in [1.807, 2.05) is 84.6 Å². The quantitative estimate of drug-likeness (QED) is 0.571. The third-order valence-corrected chi connectivity index (χ3v) is 7.27. The Kier molecular flexibility index (Phi) is 6.89. The number of nitrogens with zero attached hydrogens (tertiary/aromatic N) is 2. The molecule has 0 aromatic heterocycles. The Labute approximate surface area is 211 Å². The van der Waals surface area contributed by atoms with E-state index in [0.29, 0.717) is 25.9 Å². The summed E-state index contributed by atoms with van der Waals surface area (Å²) in [5.41, 5.74) is 1.91. The van der Waals surface area contributed by atoms with E-state index >= 15 is 0 Å². The molecule has 3 aromatic carbocycles. The fourth-order valence-electron chi connectivity index (χ4n) is 5.33. The molecule has 2 heterocycles. The molecule has 0 saturated carbocycles. The van der Waals surface area contributed by atoms with E-state index in [1.54, 1.807) is 4.90 Å². The first-order valence-electron chi connectivity index (χ1n) is 12.6. The lowest BCUT2D eigenvalue weighted by molar-refractivity contribution is -0.134. The van der Waals surface area contributed by atoms with Crippen LogP contribution in [0.5, 0.6) is 0 Å². The fraction of sp³-hybridized carbons (Fsp3) is 0.345.